The predicted octanol–water partition coefficient (Wildman–Crippen LogP) is 2.45. The Bertz CT molecular complexity index is 748. The van der Waals surface area contributed by atoms with E-state index in [0.717, 1.165) is 12.8 Å². The number of hydrogen-bond donors (Lipinski definition) is 1. The molecule has 0 radical (unpaired) electrons. The van der Waals surface area contributed by atoms with Gasteiger partial charge in [-0.15, -0.1) is 0 Å². The molecule has 2 aliphatic rings. The van der Waals surface area contributed by atoms with E-state index >= 15 is 0 Å². The molecule has 2 saturated heterocycles. The molecule has 144 valence electrons. The molecular formula is C18H26FN3O3S. The lowest BCUT2D eigenvalue weighted by molar-refractivity contribution is -0.120. The molecule has 1 amide bonds. The number of nitrogens with one attached hydrogen (secondary N) is 1. The second-order valence-corrected chi connectivity index (χ2v) is 9.21. The van der Waals surface area contributed by atoms with E-state index in [1.165, 1.54) is 22.5 Å². The van der Waals surface area contributed by atoms with Gasteiger partial charge in [0.05, 0.1) is 5.92 Å². The SMILES string of the molecule is CC1CCN(S(=O)(=O)N2CCCC(C(=O)Nc3cccc(F)c3)C2)CC1. The van der Waals surface area contributed by atoms with Gasteiger partial charge in [0.25, 0.3) is 10.2 Å². The second-order valence-electron chi connectivity index (χ2n) is 7.29. The van der Waals surface area contributed by atoms with E-state index in [4.69, 9.17) is 0 Å². The Balaban J connectivity index is 1.64. The first-order valence-corrected chi connectivity index (χ1v) is 10.6. The van der Waals surface area contributed by atoms with Crippen LogP contribution in [-0.4, -0.2) is 49.1 Å². The summed E-state index contributed by atoms with van der Waals surface area (Å²) in [6.45, 7) is 3.84. The maximum Gasteiger partial charge on any atom is 0.281 e. The highest BCUT2D eigenvalue weighted by Gasteiger charge is 2.37. The Morgan fingerprint density at radius 1 is 1.15 bits per heavy atom. The normalized spacial score (nSPS) is 23.7. The van der Waals surface area contributed by atoms with Crippen LogP contribution in [0.5, 0.6) is 0 Å². The minimum absolute atomic E-state index is 0.176. The maximum atomic E-state index is 13.3. The van der Waals surface area contributed by atoms with Crippen LogP contribution in [0.4, 0.5) is 10.1 Å². The maximum absolute atomic E-state index is 13.3. The Kier molecular flexibility index (Phi) is 5.94. The zero-order valence-corrected chi connectivity index (χ0v) is 15.8. The molecule has 3 rings (SSSR count). The molecule has 2 aliphatic heterocycles. The van der Waals surface area contributed by atoms with Crippen LogP contribution >= 0.6 is 0 Å². The van der Waals surface area contributed by atoms with Gasteiger partial charge in [0.15, 0.2) is 0 Å². The summed E-state index contributed by atoms with van der Waals surface area (Å²) in [7, 11) is -3.53. The molecule has 1 atom stereocenters. The van der Waals surface area contributed by atoms with Gasteiger partial charge in [-0.2, -0.15) is 17.0 Å². The minimum Gasteiger partial charge on any atom is -0.326 e. The predicted molar refractivity (Wildman–Crippen MR) is 98.2 cm³/mol. The molecule has 8 heteroatoms. The summed E-state index contributed by atoms with van der Waals surface area (Å²) in [5.41, 5.74) is 0.389. The topological polar surface area (TPSA) is 69.7 Å². The fourth-order valence-electron chi connectivity index (χ4n) is 3.56. The van der Waals surface area contributed by atoms with Crippen LogP contribution in [0.2, 0.25) is 0 Å². The number of nitrogens with zero attached hydrogens (tertiary/aromatic N) is 2. The molecule has 0 bridgehead atoms. The van der Waals surface area contributed by atoms with Gasteiger partial charge in [-0.05, 0) is 49.8 Å². The van der Waals surface area contributed by atoms with Crippen molar-refractivity contribution in [1.29, 1.82) is 0 Å². The Labute approximate surface area is 154 Å². The number of benzene rings is 1. The Hall–Kier alpha value is -1.51. The van der Waals surface area contributed by atoms with Crippen molar-refractivity contribution < 1.29 is 17.6 Å². The molecule has 0 aliphatic carbocycles. The molecule has 1 N–H and O–H groups in total. The lowest BCUT2D eigenvalue weighted by Crippen LogP contribution is -2.51. The van der Waals surface area contributed by atoms with Crippen LogP contribution in [0.3, 0.4) is 0 Å². The van der Waals surface area contributed by atoms with Gasteiger partial charge in [0.1, 0.15) is 5.82 Å². The van der Waals surface area contributed by atoms with Crippen molar-refractivity contribution in [1.82, 2.24) is 8.61 Å². The van der Waals surface area contributed by atoms with Crippen LogP contribution in [0.1, 0.15) is 32.6 Å². The van der Waals surface area contributed by atoms with Crippen LogP contribution in [0, 0.1) is 17.7 Å². The summed E-state index contributed by atoms with van der Waals surface area (Å²) in [6, 6.07) is 5.71. The first kappa shape index (κ1) is 19.3. The van der Waals surface area contributed by atoms with Crippen LogP contribution < -0.4 is 5.32 Å². The fourth-order valence-corrected chi connectivity index (χ4v) is 5.28. The zero-order chi connectivity index (χ0) is 18.7. The molecule has 0 spiro atoms. The Morgan fingerprint density at radius 3 is 2.58 bits per heavy atom. The lowest BCUT2D eigenvalue weighted by atomic mass is 9.99. The number of hydrogen-bond acceptors (Lipinski definition) is 3. The first-order chi connectivity index (χ1) is 12.4. The summed E-state index contributed by atoms with van der Waals surface area (Å²) >= 11 is 0. The van der Waals surface area contributed by atoms with Crippen molar-refractivity contribution in [2.45, 2.75) is 32.6 Å². The van der Waals surface area contributed by atoms with Gasteiger partial charge in [0.2, 0.25) is 5.91 Å². The third-order valence-corrected chi connectivity index (χ3v) is 7.24. The summed E-state index contributed by atoms with van der Waals surface area (Å²) in [6.07, 6.45) is 3.02. The molecule has 26 heavy (non-hydrogen) atoms. The lowest BCUT2D eigenvalue weighted by Gasteiger charge is -2.37. The summed E-state index contributed by atoms with van der Waals surface area (Å²) in [4.78, 5) is 12.5. The van der Waals surface area contributed by atoms with E-state index in [2.05, 4.69) is 12.2 Å². The van der Waals surface area contributed by atoms with Crippen molar-refractivity contribution in [2.75, 3.05) is 31.5 Å². The van der Waals surface area contributed by atoms with Gasteiger partial charge in [-0.25, -0.2) is 4.39 Å². The van der Waals surface area contributed by atoms with Crippen molar-refractivity contribution in [3.05, 3.63) is 30.1 Å². The van der Waals surface area contributed by atoms with Crippen LogP contribution in [-0.2, 0) is 15.0 Å². The van der Waals surface area contributed by atoms with E-state index in [1.54, 1.807) is 10.4 Å². The third-order valence-electron chi connectivity index (χ3n) is 5.24. The van der Waals surface area contributed by atoms with Crippen molar-refractivity contribution >= 4 is 21.8 Å². The van der Waals surface area contributed by atoms with Crippen LogP contribution in [0.25, 0.3) is 0 Å². The van der Waals surface area contributed by atoms with Gasteiger partial charge >= 0.3 is 0 Å². The number of amides is 1. The third kappa shape index (κ3) is 4.42. The van der Waals surface area contributed by atoms with E-state index in [0.29, 0.717) is 44.1 Å². The molecule has 0 saturated carbocycles. The van der Waals surface area contributed by atoms with Gasteiger partial charge in [-0.1, -0.05) is 13.0 Å². The summed E-state index contributed by atoms with van der Waals surface area (Å²) in [5, 5.41) is 2.70. The van der Waals surface area contributed by atoms with Gasteiger partial charge < -0.3 is 5.32 Å². The Morgan fingerprint density at radius 2 is 1.88 bits per heavy atom. The molecule has 1 aromatic rings. The van der Waals surface area contributed by atoms with Crippen molar-refractivity contribution in [2.24, 2.45) is 11.8 Å². The van der Waals surface area contributed by atoms with Crippen molar-refractivity contribution in [3.63, 3.8) is 0 Å². The zero-order valence-electron chi connectivity index (χ0n) is 15.0. The standard InChI is InChI=1S/C18H26FN3O3S/c1-14-7-10-21(11-8-14)26(24,25)22-9-3-4-15(13-22)18(23)20-17-6-2-5-16(19)12-17/h2,5-6,12,14-15H,3-4,7-11,13H2,1H3,(H,20,23). The number of rotatable bonds is 4. The van der Waals surface area contributed by atoms with E-state index < -0.39 is 21.9 Å². The van der Waals surface area contributed by atoms with Gasteiger partial charge in [0, 0.05) is 31.9 Å². The average molecular weight is 383 g/mol. The largest absolute Gasteiger partial charge is 0.326 e. The number of anilines is 1. The van der Waals surface area contributed by atoms with E-state index in [-0.39, 0.29) is 12.5 Å². The first-order valence-electron chi connectivity index (χ1n) is 9.18. The average Bonchev–Trinajstić information content (AvgIpc) is 2.62. The number of halogens is 1. The quantitative estimate of drug-likeness (QED) is 0.868. The minimum atomic E-state index is -3.53. The van der Waals surface area contributed by atoms with Crippen molar-refractivity contribution in [3.8, 4) is 0 Å². The highest BCUT2D eigenvalue weighted by Crippen LogP contribution is 2.26. The smallest absolute Gasteiger partial charge is 0.281 e. The summed E-state index contributed by atoms with van der Waals surface area (Å²) in [5.74, 6) is -0.559. The number of carbonyl (C=O) groups is 1. The molecular weight excluding hydrogens is 357 g/mol. The van der Waals surface area contributed by atoms with E-state index in [1.807, 2.05) is 0 Å². The highest BCUT2D eigenvalue weighted by molar-refractivity contribution is 7.86. The fraction of sp³-hybridized carbons (Fsp3) is 0.611. The molecule has 1 aromatic carbocycles. The van der Waals surface area contributed by atoms with Gasteiger partial charge in [-0.3, -0.25) is 4.79 Å². The molecule has 2 heterocycles. The van der Waals surface area contributed by atoms with Crippen LogP contribution in [0.15, 0.2) is 24.3 Å². The number of carbonyl (C=O) groups excluding carboxylic acids is 1. The molecule has 0 aromatic heterocycles. The second kappa shape index (κ2) is 8.02. The monoisotopic (exact) mass is 383 g/mol. The molecule has 6 nitrogen and oxygen atoms in total. The highest BCUT2D eigenvalue weighted by atomic mass is 32.2. The molecule has 2 fully saturated rings. The summed E-state index contributed by atoms with van der Waals surface area (Å²) < 4.78 is 42.0. The molecule has 1 unspecified atom stereocenters. The van der Waals surface area contributed by atoms with E-state index in [9.17, 15) is 17.6 Å². The number of piperidine rings is 2.